The average Bonchev–Trinajstić information content (AvgIpc) is 3.37. The second-order valence-corrected chi connectivity index (χ2v) is 6.91. The molecule has 8 heteroatoms. The molecule has 4 rings (SSSR count). The Kier molecular flexibility index (Phi) is 5.29. The normalized spacial score (nSPS) is 17.9. The standard InChI is InChI=1S/C23H17F2NO5/c1-30-17-9-8-15(25)11-16(17)21(27)19-20(18-3-2-10-31-18)26(23(29)22(19)28)12-13-4-6-14(24)7-5-13/h2-11,20,27H,12H2,1H3/b21-19-. The molecule has 0 aliphatic carbocycles. The highest BCUT2D eigenvalue weighted by molar-refractivity contribution is 6.46. The summed E-state index contributed by atoms with van der Waals surface area (Å²) in [6.45, 7) is -0.0344. The van der Waals surface area contributed by atoms with E-state index < -0.39 is 35.1 Å². The highest BCUT2D eigenvalue weighted by Gasteiger charge is 2.47. The number of aliphatic hydroxyl groups is 1. The van der Waals surface area contributed by atoms with Crippen molar-refractivity contribution in [3.63, 3.8) is 0 Å². The Morgan fingerprint density at radius 1 is 1.10 bits per heavy atom. The summed E-state index contributed by atoms with van der Waals surface area (Å²) in [4.78, 5) is 27.0. The van der Waals surface area contributed by atoms with Crippen molar-refractivity contribution in [3.05, 3.63) is 95.0 Å². The molecule has 1 fully saturated rings. The molecule has 1 amide bonds. The number of carbonyl (C=O) groups is 2. The molecule has 0 spiro atoms. The largest absolute Gasteiger partial charge is 0.507 e. The number of hydrogen-bond donors (Lipinski definition) is 1. The molecule has 1 unspecified atom stereocenters. The van der Waals surface area contributed by atoms with E-state index in [1.54, 1.807) is 12.1 Å². The van der Waals surface area contributed by atoms with Gasteiger partial charge in [0.1, 0.15) is 34.9 Å². The number of likely N-dealkylation sites (tertiary alicyclic amines) is 1. The van der Waals surface area contributed by atoms with Gasteiger partial charge in [0.2, 0.25) is 0 Å². The molecule has 0 saturated carbocycles. The second-order valence-electron chi connectivity index (χ2n) is 6.91. The van der Waals surface area contributed by atoms with Gasteiger partial charge in [0.05, 0.1) is 24.5 Å². The third-order valence-corrected chi connectivity index (χ3v) is 5.04. The Morgan fingerprint density at radius 3 is 2.45 bits per heavy atom. The first-order chi connectivity index (χ1) is 14.9. The summed E-state index contributed by atoms with van der Waals surface area (Å²) in [5.74, 6) is -3.14. The van der Waals surface area contributed by atoms with E-state index >= 15 is 0 Å². The lowest BCUT2D eigenvalue weighted by Gasteiger charge is -2.23. The van der Waals surface area contributed by atoms with E-state index in [0.29, 0.717) is 5.56 Å². The summed E-state index contributed by atoms with van der Waals surface area (Å²) in [6, 6.07) is 11.0. The molecular weight excluding hydrogens is 408 g/mol. The number of rotatable bonds is 5. The predicted octanol–water partition coefficient (Wildman–Crippen LogP) is 4.19. The van der Waals surface area contributed by atoms with Gasteiger partial charge < -0.3 is 19.2 Å². The highest BCUT2D eigenvalue weighted by Crippen LogP contribution is 2.41. The van der Waals surface area contributed by atoms with Gasteiger partial charge >= 0.3 is 0 Å². The number of aliphatic hydroxyl groups excluding tert-OH is 1. The molecule has 0 bridgehead atoms. The van der Waals surface area contributed by atoms with Crippen LogP contribution in [-0.4, -0.2) is 28.8 Å². The number of amides is 1. The number of methoxy groups -OCH3 is 1. The van der Waals surface area contributed by atoms with E-state index in [1.165, 1.54) is 48.6 Å². The number of halogens is 2. The molecule has 2 heterocycles. The Labute approximate surface area is 176 Å². The summed E-state index contributed by atoms with van der Waals surface area (Å²) in [5, 5.41) is 11.0. The molecule has 31 heavy (non-hydrogen) atoms. The van der Waals surface area contributed by atoms with Crippen LogP contribution in [0.3, 0.4) is 0 Å². The lowest BCUT2D eigenvalue weighted by molar-refractivity contribution is -0.140. The number of hydrogen-bond acceptors (Lipinski definition) is 5. The molecule has 1 atom stereocenters. The number of nitrogens with zero attached hydrogens (tertiary/aromatic N) is 1. The van der Waals surface area contributed by atoms with Crippen LogP contribution in [0.15, 0.2) is 70.9 Å². The Hall–Kier alpha value is -3.94. The highest BCUT2D eigenvalue weighted by atomic mass is 19.1. The van der Waals surface area contributed by atoms with Crippen molar-refractivity contribution in [2.24, 2.45) is 0 Å². The maximum Gasteiger partial charge on any atom is 0.296 e. The molecule has 3 aromatic rings. The van der Waals surface area contributed by atoms with Crippen molar-refractivity contribution in [2.45, 2.75) is 12.6 Å². The molecule has 1 N–H and O–H groups in total. The predicted molar refractivity (Wildman–Crippen MR) is 106 cm³/mol. The van der Waals surface area contributed by atoms with Gasteiger partial charge in [-0.3, -0.25) is 9.59 Å². The van der Waals surface area contributed by atoms with Crippen LogP contribution >= 0.6 is 0 Å². The number of Topliss-reactive ketones (excluding diaryl/α,β-unsaturated/α-hetero) is 1. The first-order valence-electron chi connectivity index (χ1n) is 9.31. The minimum absolute atomic E-state index is 0.0344. The zero-order valence-electron chi connectivity index (χ0n) is 16.3. The zero-order valence-corrected chi connectivity index (χ0v) is 16.3. The second kappa shape index (κ2) is 8.06. The third-order valence-electron chi connectivity index (χ3n) is 5.04. The van der Waals surface area contributed by atoms with Gasteiger partial charge in [0.25, 0.3) is 11.7 Å². The fraction of sp³-hybridized carbons (Fsp3) is 0.130. The minimum Gasteiger partial charge on any atom is -0.507 e. The van der Waals surface area contributed by atoms with Crippen LogP contribution < -0.4 is 4.74 Å². The summed E-state index contributed by atoms with van der Waals surface area (Å²) in [5.41, 5.74) is 0.244. The Balaban J connectivity index is 1.86. The molecule has 1 aliphatic heterocycles. The van der Waals surface area contributed by atoms with E-state index in [2.05, 4.69) is 0 Å². The van der Waals surface area contributed by atoms with Gasteiger partial charge in [-0.25, -0.2) is 8.78 Å². The van der Waals surface area contributed by atoms with Crippen molar-refractivity contribution < 1.29 is 32.6 Å². The maximum atomic E-state index is 13.9. The van der Waals surface area contributed by atoms with E-state index in [9.17, 15) is 23.5 Å². The molecule has 1 aliphatic rings. The molecule has 0 radical (unpaired) electrons. The lowest BCUT2D eigenvalue weighted by atomic mass is 9.98. The van der Waals surface area contributed by atoms with Crippen molar-refractivity contribution in [1.82, 2.24) is 4.90 Å². The van der Waals surface area contributed by atoms with Gasteiger partial charge in [-0.15, -0.1) is 0 Å². The van der Waals surface area contributed by atoms with E-state index in [4.69, 9.17) is 9.15 Å². The zero-order chi connectivity index (χ0) is 22.1. The van der Waals surface area contributed by atoms with Crippen LogP contribution in [0.4, 0.5) is 8.78 Å². The van der Waals surface area contributed by atoms with Crippen LogP contribution in [0, 0.1) is 11.6 Å². The van der Waals surface area contributed by atoms with Gasteiger partial charge in [-0.2, -0.15) is 0 Å². The van der Waals surface area contributed by atoms with Crippen LogP contribution in [0.2, 0.25) is 0 Å². The van der Waals surface area contributed by atoms with Crippen LogP contribution in [0.25, 0.3) is 5.76 Å². The molecule has 1 aromatic heterocycles. The minimum atomic E-state index is -1.06. The summed E-state index contributed by atoms with van der Waals surface area (Å²) in [7, 11) is 1.33. The van der Waals surface area contributed by atoms with E-state index in [1.807, 2.05) is 0 Å². The van der Waals surface area contributed by atoms with Gasteiger partial charge in [0.15, 0.2) is 0 Å². The molecule has 2 aromatic carbocycles. The fourth-order valence-corrected chi connectivity index (χ4v) is 3.58. The van der Waals surface area contributed by atoms with Crippen molar-refractivity contribution in [2.75, 3.05) is 7.11 Å². The Bertz CT molecular complexity index is 1170. The van der Waals surface area contributed by atoms with Crippen LogP contribution in [0.1, 0.15) is 22.9 Å². The number of ketones is 1. The number of benzene rings is 2. The number of carbonyl (C=O) groups excluding carboxylic acids is 2. The summed E-state index contributed by atoms with van der Waals surface area (Å²) < 4.78 is 37.8. The number of ether oxygens (including phenoxy) is 1. The Morgan fingerprint density at radius 2 is 1.81 bits per heavy atom. The lowest BCUT2D eigenvalue weighted by Crippen LogP contribution is -2.29. The van der Waals surface area contributed by atoms with Crippen molar-refractivity contribution in [3.8, 4) is 5.75 Å². The SMILES string of the molecule is COc1ccc(F)cc1/C(O)=C1/C(=O)C(=O)N(Cc2ccc(F)cc2)C1c1ccco1. The molecule has 1 saturated heterocycles. The summed E-state index contributed by atoms with van der Waals surface area (Å²) >= 11 is 0. The van der Waals surface area contributed by atoms with E-state index in [0.717, 1.165) is 12.1 Å². The third kappa shape index (κ3) is 3.68. The smallest absolute Gasteiger partial charge is 0.296 e. The van der Waals surface area contributed by atoms with Crippen LogP contribution in [0.5, 0.6) is 5.75 Å². The summed E-state index contributed by atoms with van der Waals surface area (Å²) in [6.07, 6.45) is 1.37. The quantitative estimate of drug-likeness (QED) is 0.377. The average molecular weight is 425 g/mol. The molecule has 158 valence electrons. The van der Waals surface area contributed by atoms with E-state index in [-0.39, 0.29) is 29.2 Å². The topological polar surface area (TPSA) is 80.0 Å². The first kappa shape index (κ1) is 20.3. The number of furan rings is 1. The molecular formula is C23H17F2NO5. The first-order valence-corrected chi connectivity index (χ1v) is 9.31. The maximum absolute atomic E-state index is 13.9. The van der Waals surface area contributed by atoms with Gasteiger partial charge in [0, 0.05) is 6.54 Å². The van der Waals surface area contributed by atoms with Gasteiger partial charge in [-0.05, 0) is 48.0 Å². The fourth-order valence-electron chi connectivity index (χ4n) is 3.58. The molecule has 6 nitrogen and oxygen atoms in total. The van der Waals surface area contributed by atoms with Crippen molar-refractivity contribution >= 4 is 17.4 Å². The van der Waals surface area contributed by atoms with Crippen LogP contribution in [-0.2, 0) is 16.1 Å². The van der Waals surface area contributed by atoms with Gasteiger partial charge in [-0.1, -0.05) is 12.1 Å². The monoisotopic (exact) mass is 425 g/mol. The van der Waals surface area contributed by atoms with Crippen molar-refractivity contribution in [1.29, 1.82) is 0 Å².